The van der Waals surface area contributed by atoms with Gasteiger partial charge in [-0.15, -0.1) is 0 Å². The van der Waals surface area contributed by atoms with Crippen molar-refractivity contribution in [2.75, 3.05) is 13.2 Å². The highest BCUT2D eigenvalue weighted by Crippen LogP contribution is 2.37. The quantitative estimate of drug-likeness (QED) is 0.816. The SMILES string of the molecule is CCc1ccc(OC2COC2)c(C(F)(F)F)c1. The van der Waals surface area contributed by atoms with Crippen LogP contribution in [-0.4, -0.2) is 19.3 Å². The maximum absolute atomic E-state index is 12.8. The molecule has 0 spiro atoms. The van der Waals surface area contributed by atoms with E-state index in [1.54, 1.807) is 6.07 Å². The van der Waals surface area contributed by atoms with E-state index in [1.807, 2.05) is 6.92 Å². The molecular formula is C12H13F3O2. The maximum atomic E-state index is 12.8. The second kappa shape index (κ2) is 4.56. The van der Waals surface area contributed by atoms with Gasteiger partial charge in [0.25, 0.3) is 0 Å². The topological polar surface area (TPSA) is 18.5 Å². The smallest absolute Gasteiger partial charge is 0.419 e. The van der Waals surface area contributed by atoms with Gasteiger partial charge < -0.3 is 9.47 Å². The fraction of sp³-hybridized carbons (Fsp3) is 0.500. The van der Waals surface area contributed by atoms with Gasteiger partial charge in [0, 0.05) is 0 Å². The Kier molecular flexibility index (Phi) is 3.28. The summed E-state index contributed by atoms with van der Waals surface area (Å²) < 4.78 is 48.6. The number of halogens is 3. The molecule has 1 aromatic rings. The molecule has 2 rings (SSSR count). The van der Waals surface area contributed by atoms with Crippen LogP contribution in [0.25, 0.3) is 0 Å². The van der Waals surface area contributed by atoms with Crippen LogP contribution in [0.4, 0.5) is 13.2 Å². The Morgan fingerprint density at radius 2 is 2.06 bits per heavy atom. The predicted molar refractivity (Wildman–Crippen MR) is 56.1 cm³/mol. The number of benzene rings is 1. The van der Waals surface area contributed by atoms with Crippen LogP contribution in [0.15, 0.2) is 18.2 Å². The summed E-state index contributed by atoms with van der Waals surface area (Å²) in [4.78, 5) is 0. The van der Waals surface area contributed by atoms with E-state index in [0.717, 1.165) is 6.07 Å². The first kappa shape index (κ1) is 12.2. The van der Waals surface area contributed by atoms with Crippen molar-refractivity contribution in [3.8, 4) is 5.75 Å². The number of hydrogen-bond acceptors (Lipinski definition) is 2. The van der Waals surface area contributed by atoms with Crippen molar-refractivity contribution in [3.63, 3.8) is 0 Å². The summed E-state index contributed by atoms with van der Waals surface area (Å²) in [6.07, 6.45) is -4.08. The van der Waals surface area contributed by atoms with E-state index in [1.165, 1.54) is 6.07 Å². The monoisotopic (exact) mass is 246 g/mol. The molecule has 0 aromatic heterocycles. The Bertz CT molecular complexity index is 397. The molecule has 0 N–H and O–H groups in total. The van der Waals surface area contributed by atoms with E-state index in [2.05, 4.69) is 0 Å². The molecule has 1 heterocycles. The molecule has 0 amide bonds. The fourth-order valence-corrected chi connectivity index (χ4v) is 1.58. The van der Waals surface area contributed by atoms with Crippen molar-refractivity contribution in [2.45, 2.75) is 25.6 Å². The van der Waals surface area contributed by atoms with E-state index in [9.17, 15) is 13.2 Å². The summed E-state index contributed by atoms with van der Waals surface area (Å²) in [5, 5.41) is 0. The normalized spacial score (nSPS) is 16.7. The number of ether oxygens (including phenoxy) is 2. The molecule has 2 nitrogen and oxygen atoms in total. The van der Waals surface area contributed by atoms with Gasteiger partial charge in [0.15, 0.2) is 0 Å². The summed E-state index contributed by atoms with van der Waals surface area (Å²) in [6, 6.07) is 4.19. The zero-order valence-corrected chi connectivity index (χ0v) is 9.38. The fourth-order valence-electron chi connectivity index (χ4n) is 1.58. The number of alkyl halides is 3. The molecule has 0 unspecified atom stereocenters. The number of aryl methyl sites for hydroxylation is 1. The molecule has 5 heteroatoms. The Morgan fingerprint density at radius 3 is 2.53 bits per heavy atom. The first-order valence-corrected chi connectivity index (χ1v) is 5.45. The first-order chi connectivity index (χ1) is 8.00. The van der Waals surface area contributed by atoms with E-state index in [-0.39, 0.29) is 11.9 Å². The van der Waals surface area contributed by atoms with Gasteiger partial charge in [-0.3, -0.25) is 0 Å². The molecule has 0 aliphatic carbocycles. The molecule has 1 aliphatic heterocycles. The highest BCUT2D eigenvalue weighted by atomic mass is 19.4. The van der Waals surface area contributed by atoms with Crippen molar-refractivity contribution in [1.82, 2.24) is 0 Å². The van der Waals surface area contributed by atoms with Crippen LogP contribution in [0.5, 0.6) is 5.75 Å². The Morgan fingerprint density at radius 1 is 1.35 bits per heavy atom. The second-order valence-electron chi connectivity index (χ2n) is 3.96. The molecule has 0 saturated carbocycles. The standard InChI is InChI=1S/C12H13F3O2/c1-2-8-3-4-11(17-9-6-16-7-9)10(5-8)12(13,14)15/h3-5,9H,2,6-7H2,1H3. The van der Waals surface area contributed by atoms with Crippen LogP contribution in [0.1, 0.15) is 18.1 Å². The lowest BCUT2D eigenvalue weighted by molar-refractivity contribution is -0.142. The molecule has 0 radical (unpaired) electrons. The highest BCUT2D eigenvalue weighted by Gasteiger charge is 2.35. The van der Waals surface area contributed by atoms with Crippen molar-refractivity contribution >= 4 is 0 Å². The third-order valence-corrected chi connectivity index (χ3v) is 2.66. The average Bonchev–Trinajstić information content (AvgIpc) is 2.22. The van der Waals surface area contributed by atoms with Crippen LogP contribution in [0, 0.1) is 0 Å². The zero-order chi connectivity index (χ0) is 12.5. The van der Waals surface area contributed by atoms with Crippen LogP contribution in [0.3, 0.4) is 0 Å². The third-order valence-electron chi connectivity index (χ3n) is 2.66. The van der Waals surface area contributed by atoms with Crippen molar-refractivity contribution < 1.29 is 22.6 Å². The van der Waals surface area contributed by atoms with E-state index in [4.69, 9.17) is 9.47 Å². The van der Waals surface area contributed by atoms with E-state index in [0.29, 0.717) is 25.2 Å². The number of hydrogen-bond donors (Lipinski definition) is 0. The van der Waals surface area contributed by atoms with Gasteiger partial charge in [-0.2, -0.15) is 13.2 Å². The zero-order valence-electron chi connectivity index (χ0n) is 9.38. The third kappa shape index (κ3) is 2.72. The number of rotatable bonds is 3. The summed E-state index contributed by atoms with van der Waals surface area (Å²) >= 11 is 0. The largest absolute Gasteiger partial charge is 0.485 e. The van der Waals surface area contributed by atoms with Gasteiger partial charge in [-0.1, -0.05) is 13.0 Å². The lowest BCUT2D eigenvalue weighted by atomic mass is 10.1. The summed E-state index contributed by atoms with van der Waals surface area (Å²) in [7, 11) is 0. The average molecular weight is 246 g/mol. The predicted octanol–water partition coefficient (Wildman–Crippen LogP) is 3.05. The van der Waals surface area contributed by atoms with E-state index < -0.39 is 11.7 Å². The summed E-state index contributed by atoms with van der Waals surface area (Å²) in [6.45, 7) is 2.52. The molecule has 1 fully saturated rings. The Balaban J connectivity index is 2.28. The van der Waals surface area contributed by atoms with Crippen LogP contribution >= 0.6 is 0 Å². The van der Waals surface area contributed by atoms with Gasteiger partial charge in [0.2, 0.25) is 0 Å². The molecule has 17 heavy (non-hydrogen) atoms. The highest BCUT2D eigenvalue weighted by molar-refractivity contribution is 5.39. The first-order valence-electron chi connectivity index (χ1n) is 5.45. The summed E-state index contributed by atoms with van der Waals surface area (Å²) in [5.41, 5.74) is -0.0571. The van der Waals surface area contributed by atoms with Gasteiger partial charge in [-0.05, 0) is 24.1 Å². The minimum Gasteiger partial charge on any atom is -0.485 e. The van der Waals surface area contributed by atoms with Gasteiger partial charge in [0.05, 0.1) is 18.8 Å². The molecule has 1 saturated heterocycles. The molecule has 94 valence electrons. The molecule has 0 bridgehead atoms. The van der Waals surface area contributed by atoms with Crippen LogP contribution in [-0.2, 0) is 17.3 Å². The minimum absolute atomic E-state index is 0.108. The molecule has 0 atom stereocenters. The Hall–Kier alpha value is -1.23. The second-order valence-corrected chi connectivity index (χ2v) is 3.96. The lowest BCUT2D eigenvalue weighted by Crippen LogP contribution is -2.39. The Labute approximate surface area is 97.3 Å². The van der Waals surface area contributed by atoms with Gasteiger partial charge in [0.1, 0.15) is 11.9 Å². The molecule has 1 aromatic carbocycles. The minimum atomic E-state index is -4.38. The molecular weight excluding hydrogens is 233 g/mol. The maximum Gasteiger partial charge on any atom is 0.419 e. The van der Waals surface area contributed by atoms with E-state index >= 15 is 0 Å². The van der Waals surface area contributed by atoms with Crippen LogP contribution < -0.4 is 4.74 Å². The van der Waals surface area contributed by atoms with Gasteiger partial charge in [-0.25, -0.2) is 0 Å². The van der Waals surface area contributed by atoms with Gasteiger partial charge >= 0.3 is 6.18 Å². The summed E-state index contributed by atoms with van der Waals surface area (Å²) in [5.74, 6) is -0.108. The van der Waals surface area contributed by atoms with Crippen molar-refractivity contribution in [3.05, 3.63) is 29.3 Å². The van der Waals surface area contributed by atoms with Crippen LogP contribution in [0.2, 0.25) is 0 Å². The van der Waals surface area contributed by atoms with Crippen molar-refractivity contribution in [1.29, 1.82) is 0 Å². The van der Waals surface area contributed by atoms with Crippen molar-refractivity contribution in [2.24, 2.45) is 0 Å². The lowest BCUT2D eigenvalue weighted by Gasteiger charge is -2.28. The molecule has 1 aliphatic rings.